The van der Waals surface area contributed by atoms with E-state index in [2.05, 4.69) is 58.3 Å². The van der Waals surface area contributed by atoms with Gasteiger partial charge >= 0.3 is 0 Å². The average Bonchev–Trinajstić information content (AvgIpc) is 2.80. The maximum atomic E-state index is 4.05. The first-order chi connectivity index (χ1) is 14.9. The van der Waals surface area contributed by atoms with Gasteiger partial charge in [-0.1, -0.05) is 63.5 Å². The number of pyridine rings is 1. The van der Waals surface area contributed by atoms with Gasteiger partial charge in [-0.2, -0.15) is 0 Å². The standard InChI is InChI=1S/C26H41N3S/c1-30-26-14-12-24(13-15-26)22-28-18-10-8-6-4-2-3-5-7-9-11-19-29-23-25-16-20-27-21-17-25/h12-17,20-21,28-29H,2-11,18-19,22-23H2,1H3. The smallest absolute Gasteiger partial charge is 0.0271 e. The molecule has 1 aromatic carbocycles. The summed E-state index contributed by atoms with van der Waals surface area (Å²) in [7, 11) is 0. The molecule has 0 saturated heterocycles. The molecule has 0 atom stereocenters. The van der Waals surface area contributed by atoms with E-state index in [0.717, 1.165) is 26.2 Å². The number of aromatic nitrogens is 1. The summed E-state index contributed by atoms with van der Waals surface area (Å²) in [6.07, 6.45) is 19.6. The fourth-order valence-electron chi connectivity index (χ4n) is 3.62. The van der Waals surface area contributed by atoms with Crippen molar-refractivity contribution in [2.24, 2.45) is 0 Å². The second-order valence-corrected chi connectivity index (χ2v) is 8.97. The SMILES string of the molecule is CSc1ccc(CNCCCCCCCCCCCCNCc2ccncc2)cc1. The molecule has 3 nitrogen and oxygen atoms in total. The van der Waals surface area contributed by atoms with Gasteiger partial charge in [0.25, 0.3) is 0 Å². The molecule has 2 N–H and O–H groups in total. The van der Waals surface area contributed by atoms with Gasteiger partial charge in [-0.25, -0.2) is 0 Å². The van der Waals surface area contributed by atoms with Gasteiger partial charge in [-0.3, -0.25) is 4.98 Å². The summed E-state index contributed by atoms with van der Waals surface area (Å²) in [5, 5.41) is 7.09. The van der Waals surface area contributed by atoms with Gasteiger partial charge < -0.3 is 10.6 Å². The Balaban J connectivity index is 1.27. The van der Waals surface area contributed by atoms with Crippen LogP contribution in [0.3, 0.4) is 0 Å². The van der Waals surface area contributed by atoms with Gasteiger partial charge in [-0.15, -0.1) is 11.8 Å². The number of nitrogens with zero attached hydrogens (tertiary/aromatic N) is 1. The van der Waals surface area contributed by atoms with E-state index in [1.165, 1.54) is 80.2 Å². The molecular formula is C26H41N3S. The first-order valence-electron chi connectivity index (χ1n) is 11.8. The Bertz CT molecular complexity index is 630. The minimum atomic E-state index is 0.962. The predicted octanol–water partition coefficient (Wildman–Crippen LogP) is 6.58. The van der Waals surface area contributed by atoms with Crippen LogP contribution >= 0.6 is 11.8 Å². The minimum absolute atomic E-state index is 0.962. The lowest BCUT2D eigenvalue weighted by molar-refractivity contribution is 0.533. The zero-order valence-corrected chi connectivity index (χ0v) is 19.7. The lowest BCUT2D eigenvalue weighted by Crippen LogP contribution is -2.14. The van der Waals surface area contributed by atoms with Crippen LogP contribution in [-0.2, 0) is 13.1 Å². The summed E-state index contributed by atoms with van der Waals surface area (Å²) in [5.74, 6) is 0. The summed E-state index contributed by atoms with van der Waals surface area (Å²) in [4.78, 5) is 5.39. The molecule has 2 aromatic rings. The highest BCUT2D eigenvalue weighted by molar-refractivity contribution is 7.98. The lowest BCUT2D eigenvalue weighted by atomic mass is 10.1. The first-order valence-corrected chi connectivity index (χ1v) is 13.0. The van der Waals surface area contributed by atoms with Gasteiger partial charge in [0.1, 0.15) is 0 Å². The molecule has 1 heterocycles. The van der Waals surface area contributed by atoms with Crippen molar-refractivity contribution in [3.63, 3.8) is 0 Å². The van der Waals surface area contributed by atoms with E-state index in [-0.39, 0.29) is 0 Å². The van der Waals surface area contributed by atoms with E-state index in [1.54, 1.807) is 11.8 Å². The Kier molecular flexibility index (Phi) is 14.4. The third-order valence-electron chi connectivity index (χ3n) is 5.52. The van der Waals surface area contributed by atoms with Crippen LogP contribution in [0.15, 0.2) is 53.7 Å². The van der Waals surface area contributed by atoms with Crippen LogP contribution in [0.4, 0.5) is 0 Å². The highest BCUT2D eigenvalue weighted by atomic mass is 32.2. The van der Waals surface area contributed by atoms with E-state index >= 15 is 0 Å². The Morgan fingerprint density at radius 2 is 1.03 bits per heavy atom. The van der Waals surface area contributed by atoms with Crippen molar-refractivity contribution in [1.82, 2.24) is 15.6 Å². The first kappa shape index (κ1) is 24.9. The van der Waals surface area contributed by atoms with E-state index in [0.29, 0.717) is 0 Å². The molecule has 2 rings (SSSR count). The minimum Gasteiger partial charge on any atom is -0.313 e. The van der Waals surface area contributed by atoms with Crippen molar-refractivity contribution in [3.05, 3.63) is 59.9 Å². The molecule has 0 saturated carbocycles. The van der Waals surface area contributed by atoms with Crippen LogP contribution in [0.2, 0.25) is 0 Å². The molecule has 166 valence electrons. The maximum absolute atomic E-state index is 4.05. The summed E-state index contributed by atoms with van der Waals surface area (Å²) in [6.45, 7) is 4.22. The number of unbranched alkanes of at least 4 members (excludes halogenated alkanes) is 9. The van der Waals surface area contributed by atoms with Gasteiger partial charge in [0.05, 0.1) is 0 Å². The van der Waals surface area contributed by atoms with Crippen molar-refractivity contribution < 1.29 is 0 Å². The number of hydrogen-bond acceptors (Lipinski definition) is 4. The molecule has 1 aromatic heterocycles. The van der Waals surface area contributed by atoms with Crippen LogP contribution in [-0.4, -0.2) is 24.3 Å². The molecule has 30 heavy (non-hydrogen) atoms. The fourth-order valence-corrected chi connectivity index (χ4v) is 4.03. The molecule has 0 fully saturated rings. The summed E-state index contributed by atoms with van der Waals surface area (Å²) < 4.78 is 0. The molecule has 0 spiro atoms. The van der Waals surface area contributed by atoms with E-state index in [1.807, 2.05) is 12.4 Å². The number of nitrogens with one attached hydrogen (secondary N) is 2. The maximum Gasteiger partial charge on any atom is 0.0271 e. The van der Waals surface area contributed by atoms with Gasteiger partial charge in [-0.05, 0) is 67.6 Å². The molecule has 0 amide bonds. The number of hydrogen-bond donors (Lipinski definition) is 2. The molecule has 0 aliphatic rings. The number of benzene rings is 1. The topological polar surface area (TPSA) is 37.0 Å². The van der Waals surface area contributed by atoms with E-state index in [4.69, 9.17) is 0 Å². The average molecular weight is 428 g/mol. The van der Waals surface area contributed by atoms with Crippen LogP contribution in [0.1, 0.15) is 75.3 Å². The lowest BCUT2D eigenvalue weighted by Gasteiger charge is -2.06. The quantitative estimate of drug-likeness (QED) is 0.208. The third-order valence-corrected chi connectivity index (χ3v) is 6.27. The Morgan fingerprint density at radius 3 is 1.50 bits per heavy atom. The van der Waals surface area contributed by atoms with Crippen molar-refractivity contribution in [3.8, 4) is 0 Å². The Hall–Kier alpha value is -1.36. The summed E-state index contributed by atoms with van der Waals surface area (Å²) in [6, 6.07) is 13.0. The van der Waals surface area contributed by atoms with Gasteiger partial charge in [0.15, 0.2) is 0 Å². The van der Waals surface area contributed by atoms with Crippen molar-refractivity contribution >= 4 is 11.8 Å². The van der Waals surface area contributed by atoms with Crippen molar-refractivity contribution in [2.45, 2.75) is 82.2 Å². The van der Waals surface area contributed by atoms with Crippen molar-refractivity contribution in [1.29, 1.82) is 0 Å². The molecule has 0 radical (unpaired) electrons. The second-order valence-electron chi connectivity index (χ2n) is 8.09. The fraction of sp³-hybridized carbons (Fsp3) is 0.577. The molecular weight excluding hydrogens is 386 g/mol. The zero-order valence-electron chi connectivity index (χ0n) is 18.9. The van der Waals surface area contributed by atoms with Gasteiger partial charge in [0, 0.05) is 30.4 Å². The molecule has 0 bridgehead atoms. The molecule has 0 unspecified atom stereocenters. The Labute approximate surface area is 188 Å². The number of rotatable bonds is 18. The van der Waals surface area contributed by atoms with Gasteiger partial charge in [0.2, 0.25) is 0 Å². The zero-order chi connectivity index (χ0) is 21.1. The highest BCUT2D eigenvalue weighted by Crippen LogP contribution is 2.15. The Morgan fingerprint density at radius 1 is 0.600 bits per heavy atom. The van der Waals surface area contributed by atoms with Crippen LogP contribution < -0.4 is 10.6 Å². The molecule has 4 heteroatoms. The van der Waals surface area contributed by atoms with Crippen LogP contribution in [0.5, 0.6) is 0 Å². The predicted molar refractivity (Wildman–Crippen MR) is 132 cm³/mol. The van der Waals surface area contributed by atoms with Crippen LogP contribution in [0.25, 0.3) is 0 Å². The number of thioether (sulfide) groups is 1. The van der Waals surface area contributed by atoms with E-state index in [9.17, 15) is 0 Å². The largest absolute Gasteiger partial charge is 0.313 e. The molecule has 0 aliphatic carbocycles. The summed E-state index contributed by atoms with van der Waals surface area (Å²) >= 11 is 1.80. The second kappa shape index (κ2) is 17.3. The van der Waals surface area contributed by atoms with Crippen LogP contribution in [0, 0.1) is 0 Å². The highest BCUT2D eigenvalue weighted by Gasteiger charge is 1.96. The monoisotopic (exact) mass is 427 g/mol. The van der Waals surface area contributed by atoms with E-state index < -0.39 is 0 Å². The molecule has 0 aliphatic heterocycles. The third kappa shape index (κ3) is 12.4. The summed E-state index contributed by atoms with van der Waals surface area (Å²) in [5.41, 5.74) is 2.71. The van der Waals surface area contributed by atoms with Crippen molar-refractivity contribution in [2.75, 3.05) is 19.3 Å². The normalized spacial score (nSPS) is 11.1.